The van der Waals surface area contributed by atoms with Gasteiger partial charge < -0.3 is 21.9 Å². The Labute approximate surface area is 213 Å². The van der Waals surface area contributed by atoms with Crippen LogP contribution in [-0.4, -0.2) is 33.2 Å². The summed E-state index contributed by atoms with van der Waals surface area (Å²) in [5.41, 5.74) is 14.0. The van der Waals surface area contributed by atoms with Crippen molar-refractivity contribution >= 4 is 40.6 Å². The zero-order chi connectivity index (χ0) is 26.0. The Morgan fingerprint density at radius 3 is 2.39 bits per heavy atom. The van der Waals surface area contributed by atoms with Crippen LogP contribution in [-0.2, 0) is 4.79 Å². The van der Waals surface area contributed by atoms with Crippen molar-refractivity contribution in [2.45, 2.75) is 51.6 Å². The number of phenolic OH excluding ortho intramolecular Hbond substituents is 1. The zero-order valence-corrected chi connectivity index (χ0v) is 21.0. The summed E-state index contributed by atoms with van der Waals surface area (Å²) in [4.78, 5) is 41.1. The predicted octanol–water partition coefficient (Wildman–Crippen LogP) is 3.59. The molecule has 1 saturated carbocycles. The number of nitrogens with two attached hydrogens (primary N) is 2. The Balaban J connectivity index is 1.89. The quantitative estimate of drug-likeness (QED) is 0.383. The lowest BCUT2D eigenvalue weighted by Crippen LogP contribution is -2.46. The first kappa shape index (κ1) is 25.2. The highest BCUT2D eigenvalue weighted by Gasteiger charge is 2.37. The van der Waals surface area contributed by atoms with E-state index in [1.54, 1.807) is 18.2 Å². The van der Waals surface area contributed by atoms with E-state index in [0.717, 1.165) is 48.3 Å². The molecule has 6 N–H and O–H groups in total. The minimum Gasteiger partial charge on any atom is -0.508 e. The molecule has 0 radical (unpaired) electrons. The average Bonchev–Trinajstić information content (AvgIpc) is 3.49. The highest BCUT2D eigenvalue weighted by Crippen LogP contribution is 2.36. The standard InChI is InChI=1S/C26H29N5O4S/c1-14-6-5-9-19(15(14)2)31(26(35)23-20(27)21(24(28)33)30-36-23)22(16-10-12-18(32)13-11-16)25(34)29-17-7-3-4-8-17/h5-6,9-13,17,22,32H,3-4,7-8,27H2,1-2H3,(H2,28,33)(H,29,34). The van der Waals surface area contributed by atoms with Gasteiger partial charge in [0, 0.05) is 11.7 Å². The van der Waals surface area contributed by atoms with E-state index in [4.69, 9.17) is 11.5 Å². The maximum Gasteiger partial charge on any atom is 0.273 e. The fourth-order valence-corrected chi connectivity index (χ4v) is 5.27. The molecule has 1 aliphatic carbocycles. The molecule has 2 aromatic carbocycles. The van der Waals surface area contributed by atoms with E-state index in [1.807, 2.05) is 26.0 Å². The van der Waals surface area contributed by atoms with Gasteiger partial charge in [-0.15, -0.1) is 0 Å². The lowest BCUT2D eigenvalue weighted by Gasteiger charge is -2.33. The Bertz CT molecular complexity index is 1300. The molecule has 0 saturated heterocycles. The third-order valence-electron chi connectivity index (χ3n) is 6.63. The Hall–Kier alpha value is -3.92. The lowest BCUT2D eigenvalue weighted by molar-refractivity contribution is -0.123. The summed E-state index contributed by atoms with van der Waals surface area (Å²) < 4.78 is 3.99. The fraction of sp³-hybridized carbons (Fsp3) is 0.308. The van der Waals surface area contributed by atoms with E-state index in [0.29, 0.717) is 11.3 Å². The van der Waals surface area contributed by atoms with Crippen LogP contribution in [0, 0.1) is 13.8 Å². The van der Waals surface area contributed by atoms with E-state index in [2.05, 4.69) is 9.69 Å². The van der Waals surface area contributed by atoms with E-state index >= 15 is 0 Å². The number of amides is 3. The van der Waals surface area contributed by atoms with Gasteiger partial charge in [-0.2, -0.15) is 4.37 Å². The number of aromatic nitrogens is 1. The number of rotatable bonds is 7. The second kappa shape index (κ2) is 10.4. The Morgan fingerprint density at radius 1 is 1.11 bits per heavy atom. The summed E-state index contributed by atoms with van der Waals surface area (Å²) >= 11 is 0.767. The zero-order valence-electron chi connectivity index (χ0n) is 20.2. The molecule has 188 valence electrons. The van der Waals surface area contributed by atoms with E-state index in [1.165, 1.54) is 17.0 Å². The van der Waals surface area contributed by atoms with Gasteiger partial charge in [-0.25, -0.2) is 0 Å². The smallest absolute Gasteiger partial charge is 0.273 e. The molecule has 36 heavy (non-hydrogen) atoms. The molecule has 9 nitrogen and oxygen atoms in total. The number of aryl methyl sites for hydroxylation is 1. The number of hydrogen-bond acceptors (Lipinski definition) is 7. The monoisotopic (exact) mass is 507 g/mol. The number of anilines is 2. The maximum absolute atomic E-state index is 14.1. The third kappa shape index (κ3) is 4.90. The Morgan fingerprint density at radius 2 is 1.78 bits per heavy atom. The molecule has 1 aromatic heterocycles. The summed E-state index contributed by atoms with van der Waals surface area (Å²) in [5, 5.41) is 13.0. The molecular formula is C26H29N5O4S. The molecule has 1 atom stereocenters. The molecule has 0 aliphatic heterocycles. The molecule has 4 rings (SSSR count). The SMILES string of the molecule is Cc1cccc(N(C(=O)c2snc(C(N)=O)c2N)C(C(=O)NC2CCCC2)c2ccc(O)cc2)c1C. The highest BCUT2D eigenvalue weighted by atomic mass is 32.1. The van der Waals surface area contributed by atoms with Crippen molar-refractivity contribution in [2.24, 2.45) is 5.73 Å². The second-order valence-corrected chi connectivity index (χ2v) is 9.79. The maximum atomic E-state index is 14.1. The van der Waals surface area contributed by atoms with Crippen LogP contribution < -0.4 is 21.7 Å². The largest absolute Gasteiger partial charge is 0.508 e. The number of nitrogens with zero attached hydrogens (tertiary/aromatic N) is 2. The van der Waals surface area contributed by atoms with E-state index < -0.39 is 17.9 Å². The summed E-state index contributed by atoms with van der Waals surface area (Å²) in [6.07, 6.45) is 3.80. The number of carbonyl (C=O) groups is 3. The number of primary amides is 1. The number of nitrogen functional groups attached to an aromatic ring is 1. The van der Waals surface area contributed by atoms with Crippen LogP contribution in [0.25, 0.3) is 0 Å². The first-order valence-electron chi connectivity index (χ1n) is 11.7. The summed E-state index contributed by atoms with van der Waals surface area (Å²) in [5.74, 6) is -1.72. The van der Waals surface area contributed by atoms with Crippen LogP contribution in [0.3, 0.4) is 0 Å². The van der Waals surface area contributed by atoms with Gasteiger partial charge in [-0.05, 0) is 73.1 Å². The first-order chi connectivity index (χ1) is 17.2. The minimum atomic E-state index is -1.07. The van der Waals surface area contributed by atoms with Crippen molar-refractivity contribution < 1.29 is 19.5 Å². The molecule has 0 bridgehead atoms. The van der Waals surface area contributed by atoms with Crippen LogP contribution in [0.15, 0.2) is 42.5 Å². The molecule has 10 heteroatoms. The van der Waals surface area contributed by atoms with Gasteiger partial charge in [0.05, 0.1) is 5.69 Å². The van der Waals surface area contributed by atoms with E-state index in [-0.39, 0.29) is 34.0 Å². The fourth-order valence-electron chi connectivity index (χ4n) is 4.53. The van der Waals surface area contributed by atoms with Crippen LogP contribution in [0.5, 0.6) is 5.75 Å². The van der Waals surface area contributed by atoms with Crippen molar-refractivity contribution in [1.29, 1.82) is 0 Å². The number of aromatic hydroxyl groups is 1. The number of hydrogen-bond donors (Lipinski definition) is 4. The molecule has 1 fully saturated rings. The van der Waals surface area contributed by atoms with Gasteiger partial charge in [0.1, 0.15) is 16.7 Å². The lowest BCUT2D eigenvalue weighted by atomic mass is 9.99. The molecule has 3 amide bonds. The normalized spacial score (nSPS) is 14.4. The molecule has 1 heterocycles. The van der Waals surface area contributed by atoms with Crippen LogP contribution in [0.1, 0.15) is 68.6 Å². The molecule has 1 unspecified atom stereocenters. The van der Waals surface area contributed by atoms with Gasteiger partial charge in [0.25, 0.3) is 11.8 Å². The summed E-state index contributed by atoms with van der Waals surface area (Å²) in [7, 11) is 0. The molecular weight excluding hydrogens is 478 g/mol. The van der Waals surface area contributed by atoms with Gasteiger partial charge in [-0.3, -0.25) is 19.3 Å². The van der Waals surface area contributed by atoms with Crippen LogP contribution in [0.2, 0.25) is 0 Å². The van der Waals surface area contributed by atoms with Gasteiger partial charge >= 0.3 is 0 Å². The Kier molecular flexibility index (Phi) is 7.25. The highest BCUT2D eigenvalue weighted by molar-refractivity contribution is 7.09. The third-order valence-corrected chi connectivity index (χ3v) is 7.48. The minimum absolute atomic E-state index is 0.0159. The van der Waals surface area contributed by atoms with Crippen molar-refractivity contribution in [2.75, 3.05) is 10.6 Å². The van der Waals surface area contributed by atoms with E-state index in [9.17, 15) is 19.5 Å². The summed E-state index contributed by atoms with van der Waals surface area (Å²) in [6.45, 7) is 3.79. The number of phenols is 1. The summed E-state index contributed by atoms with van der Waals surface area (Å²) in [6, 6.07) is 10.6. The molecule has 1 aliphatic rings. The number of nitrogens with one attached hydrogen (secondary N) is 1. The predicted molar refractivity (Wildman–Crippen MR) is 139 cm³/mol. The van der Waals surface area contributed by atoms with Crippen molar-refractivity contribution in [3.8, 4) is 5.75 Å². The van der Waals surface area contributed by atoms with Crippen LogP contribution in [0.4, 0.5) is 11.4 Å². The number of benzene rings is 2. The van der Waals surface area contributed by atoms with Crippen molar-refractivity contribution in [1.82, 2.24) is 9.69 Å². The second-order valence-electron chi connectivity index (χ2n) is 9.02. The average molecular weight is 508 g/mol. The molecule has 3 aromatic rings. The van der Waals surface area contributed by atoms with Gasteiger partial charge in [-0.1, -0.05) is 37.1 Å². The van der Waals surface area contributed by atoms with Gasteiger partial charge in [0.2, 0.25) is 5.91 Å². The molecule has 0 spiro atoms. The topological polar surface area (TPSA) is 152 Å². The van der Waals surface area contributed by atoms with Gasteiger partial charge in [0.15, 0.2) is 5.69 Å². The van der Waals surface area contributed by atoms with Crippen LogP contribution >= 0.6 is 11.5 Å². The van der Waals surface area contributed by atoms with Crippen molar-refractivity contribution in [3.05, 3.63) is 69.7 Å². The number of carbonyl (C=O) groups excluding carboxylic acids is 3. The van der Waals surface area contributed by atoms with Crippen molar-refractivity contribution in [3.63, 3.8) is 0 Å². The first-order valence-corrected chi connectivity index (χ1v) is 12.5.